The molecule has 0 spiro atoms. The lowest BCUT2D eigenvalue weighted by Gasteiger charge is -2.26. The summed E-state index contributed by atoms with van der Waals surface area (Å²) in [4.78, 5) is 11.8. The van der Waals surface area contributed by atoms with Crippen LogP contribution in [0.3, 0.4) is 0 Å². The predicted molar refractivity (Wildman–Crippen MR) is 65.9 cm³/mol. The van der Waals surface area contributed by atoms with Gasteiger partial charge >= 0.3 is 0 Å². The molecule has 90 valence electrons. The van der Waals surface area contributed by atoms with Gasteiger partial charge in [0.15, 0.2) is 0 Å². The summed E-state index contributed by atoms with van der Waals surface area (Å²) in [5.41, 5.74) is 0.350. The van der Waals surface area contributed by atoms with Crippen LogP contribution in [0.5, 0.6) is 5.75 Å². The van der Waals surface area contributed by atoms with E-state index in [0.29, 0.717) is 12.8 Å². The third kappa shape index (κ3) is 2.85. The van der Waals surface area contributed by atoms with Gasteiger partial charge in [0, 0.05) is 6.42 Å². The van der Waals surface area contributed by atoms with E-state index in [0.717, 1.165) is 11.3 Å². The van der Waals surface area contributed by atoms with Gasteiger partial charge in [-0.05, 0) is 38.0 Å². The van der Waals surface area contributed by atoms with Crippen molar-refractivity contribution in [2.45, 2.75) is 32.1 Å². The Morgan fingerprint density at radius 2 is 2.00 bits per heavy atom. The number of nitriles is 1. The molecule has 0 saturated heterocycles. The molecule has 0 N–H and O–H groups in total. The van der Waals surface area contributed by atoms with Crippen LogP contribution in [-0.2, 0) is 10.2 Å². The normalized spacial score (nSPS) is 13.5. The van der Waals surface area contributed by atoms with Crippen LogP contribution in [-0.4, -0.2) is 12.9 Å². The fraction of sp³-hybridized carbons (Fsp3) is 0.429. The van der Waals surface area contributed by atoms with Crippen LogP contribution in [0.15, 0.2) is 24.3 Å². The molecule has 0 bridgehead atoms. The lowest BCUT2D eigenvalue weighted by molar-refractivity contribution is -0.122. The number of Topliss-reactive ketones (excluding diaryl/α,β-unsaturated/α-hetero) is 1. The van der Waals surface area contributed by atoms with Gasteiger partial charge in [0.05, 0.1) is 18.6 Å². The molecule has 1 aromatic rings. The molecule has 0 radical (unpaired) electrons. The monoisotopic (exact) mass is 231 g/mol. The van der Waals surface area contributed by atoms with E-state index in [-0.39, 0.29) is 5.78 Å². The first-order valence-corrected chi connectivity index (χ1v) is 5.57. The Bertz CT molecular complexity index is 431. The average molecular weight is 231 g/mol. The Morgan fingerprint density at radius 1 is 1.41 bits per heavy atom. The third-order valence-electron chi connectivity index (χ3n) is 3.24. The van der Waals surface area contributed by atoms with Crippen LogP contribution in [0.2, 0.25) is 0 Å². The van der Waals surface area contributed by atoms with Crippen molar-refractivity contribution < 1.29 is 9.53 Å². The summed E-state index contributed by atoms with van der Waals surface area (Å²) in [5, 5.41) is 8.66. The number of hydrogen-bond donors (Lipinski definition) is 0. The van der Waals surface area contributed by atoms with Crippen LogP contribution in [0.1, 0.15) is 32.3 Å². The molecule has 0 aliphatic rings. The number of hydrogen-bond acceptors (Lipinski definition) is 3. The van der Waals surface area contributed by atoms with E-state index in [1.165, 1.54) is 0 Å². The maximum atomic E-state index is 11.8. The van der Waals surface area contributed by atoms with Crippen LogP contribution in [0.4, 0.5) is 0 Å². The van der Waals surface area contributed by atoms with Crippen LogP contribution < -0.4 is 4.74 Å². The molecule has 3 nitrogen and oxygen atoms in total. The zero-order valence-corrected chi connectivity index (χ0v) is 10.5. The second-order valence-electron chi connectivity index (χ2n) is 4.27. The highest BCUT2D eigenvalue weighted by atomic mass is 16.5. The minimum Gasteiger partial charge on any atom is -0.497 e. The minimum absolute atomic E-state index is 0.0814. The fourth-order valence-electron chi connectivity index (χ4n) is 1.79. The number of ether oxygens (including phenoxy) is 1. The van der Waals surface area contributed by atoms with Crippen molar-refractivity contribution in [3.63, 3.8) is 0 Å². The summed E-state index contributed by atoms with van der Waals surface area (Å²) in [5.74, 6) is 0.845. The van der Waals surface area contributed by atoms with Gasteiger partial charge < -0.3 is 4.74 Å². The maximum absolute atomic E-state index is 11.8. The molecule has 0 unspecified atom stereocenters. The van der Waals surface area contributed by atoms with Crippen molar-refractivity contribution in [2.24, 2.45) is 0 Å². The number of carbonyl (C=O) groups is 1. The second kappa shape index (κ2) is 5.49. The highest BCUT2D eigenvalue weighted by molar-refractivity contribution is 5.87. The molecule has 3 heteroatoms. The quantitative estimate of drug-likeness (QED) is 0.783. The van der Waals surface area contributed by atoms with Gasteiger partial charge in [0.25, 0.3) is 0 Å². The highest BCUT2D eigenvalue weighted by Gasteiger charge is 2.31. The number of methoxy groups -OCH3 is 1. The molecule has 17 heavy (non-hydrogen) atoms. The zero-order chi connectivity index (χ0) is 12.9. The molecule has 1 aromatic carbocycles. The summed E-state index contributed by atoms with van der Waals surface area (Å²) in [6.07, 6.45) is 0.924. The molecule has 0 heterocycles. The Labute approximate surface area is 102 Å². The fourth-order valence-corrected chi connectivity index (χ4v) is 1.79. The van der Waals surface area contributed by atoms with Crippen LogP contribution >= 0.6 is 0 Å². The van der Waals surface area contributed by atoms with Gasteiger partial charge in [-0.2, -0.15) is 5.26 Å². The topological polar surface area (TPSA) is 50.1 Å². The molecule has 0 amide bonds. The highest BCUT2D eigenvalue weighted by Crippen LogP contribution is 2.31. The average Bonchev–Trinajstić information content (AvgIpc) is 2.35. The molecule has 0 aromatic heterocycles. The van der Waals surface area contributed by atoms with E-state index in [1.54, 1.807) is 14.0 Å². The second-order valence-corrected chi connectivity index (χ2v) is 4.27. The van der Waals surface area contributed by atoms with E-state index >= 15 is 0 Å². The van der Waals surface area contributed by atoms with Gasteiger partial charge in [-0.3, -0.25) is 4.79 Å². The lowest BCUT2D eigenvalue weighted by atomic mass is 9.75. The Kier molecular flexibility index (Phi) is 4.28. The molecular formula is C14H17NO2. The number of ketones is 1. The van der Waals surface area contributed by atoms with Crippen LogP contribution in [0.25, 0.3) is 0 Å². The van der Waals surface area contributed by atoms with Crippen molar-refractivity contribution >= 4 is 5.78 Å². The first kappa shape index (κ1) is 13.2. The number of carbonyl (C=O) groups excluding carboxylic acids is 1. The zero-order valence-electron chi connectivity index (χ0n) is 10.5. The maximum Gasteiger partial charge on any atom is 0.140 e. The van der Waals surface area contributed by atoms with Gasteiger partial charge in [0.2, 0.25) is 0 Å². The number of rotatable bonds is 5. The Hall–Kier alpha value is -1.82. The van der Waals surface area contributed by atoms with Crippen molar-refractivity contribution in [3.05, 3.63) is 29.8 Å². The predicted octanol–water partition coefficient (Wildman–Crippen LogP) is 2.85. The van der Waals surface area contributed by atoms with E-state index in [4.69, 9.17) is 10.00 Å². The van der Waals surface area contributed by atoms with Gasteiger partial charge in [0.1, 0.15) is 11.5 Å². The largest absolute Gasteiger partial charge is 0.497 e. The summed E-state index contributed by atoms with van der Waals surface area (Å²) in [6.45, 7) is 3.45. The van der Waals surface area contributed by atoms with Crippen molar-refractivity contribution in [2.75, 3.05) is 7.11 Å². The first-order valence-electron chi connectivity index (χ1n) is 5.57. The Balaban J connectivity index is 3.05. The van der Waals surface area contributed by atoms with Crippen molar-refractivity contribution in [1.82, 2.24) is 0 Å². The minimum atomic E-state index is -0.581. The molecule has 0 aliphatic carbocycles. The third-order valence-corrected chi connectivity index (χ3v) is 3.24. The lowest BCUT2D eigenvalue weighted by Crippen LogP contribution is -2.30. The summed E-state index contributed by atoms with van der Waals surface area (Å²) in [6, 6.07) is 9.54. The SMILES string of the molecule is COc1ccc([C@@](C)(CCC#N)C(C)=O)cc1. The van der Waals surface area contributed by atoms with Gasteiger partial charge in [-0.25, -0.2) is 0 Å². The van der Waals surface area contributed by atoms with E-state index < -0.39 is 5.41 Å². The summed E-state index contributed by atoms with van der Waals surface area (Å²) in [7, 11) is 1.61. The van der Waals surface area contributed by atoms with Gasteiger partial charge in [-0.1, -0.05) is 12.1 Å². The van der Waals surface area contributed by atoms with Crippen LogP contribution in [0, 0.1) is 11.3 Å². The Morgan fingerprint density at radius 3 is 2.41 bits per heavy atom. The van der Waals surface area contributed by atoms with E-state index in [2.05, 4.69) is 6.07 Å². The summed E-state index contributed by atoms with van der Waals surface area (Å²) < 4.78 is 5.09. The van der Waals surface area contributed by atoms with Gasteiger partial charge in [-0.15, -0.1) is 0 Å². The summed E-state index contributed by atoms with van der Waals surface area (Å²) >= 11 is 0. The van der Waals surface area contributed by atoms with Crippen molar-refractivity contribution in [3.8, 4) is 11.8 Å². The van der Waals surface area contributed by atoms with E-state index in [1.807, 2.05) is 31.2 Å². The smallest absolute Gasteiger partial charge is 0.140 e. The molecule has 0 saturated carbocycles. The number of nitrogens with zero attached hydrogens (tertiary/aromatic N) is 1. The standard InChI is InChI=1S/C14H17NO2/c1-11(16)14(2,9-4-10-15)12-5-7-13(17-3)8-6-12/h5-8H,4,9H2,1-3H3/t14-/m0/s1. The molecule has 1 rings (SSSR count). The molecule has 0 aliphatic heterocycles. The van der Waals surface area contributed by atoms with Crippen molar-refractivity contribution in [1.29, 1.82) is 5.26 Å². The molecule has 1 atom stereocenters. The molecule has 0 fully saturated rings. The number of benzene rings is 1. The van der Waals surface area contributed by atoms with E-state index in [9.17, 15) is 4.79 Å². The first-order chi connectivity index (χ1) is 8.04. The molecular weight excluding hydrogens is 214 g/mol.